The second kappa shape index (κ2) is 5.28. The van der Waals surface area contributed by atoms with Crippen LogP contribution in [0.4, 0.5) is 8.78 Å². The molecule has 0 aliphatic rings. The number of aryl methyl sites for hydroxylation is 1. The van der Waals surface area contributed by atoms with Crippen molar-refractivity contribution in [2.24, 2.45) is 0 Å². The highest BCUT2D eigenvalue weighted by Gasteiger charge is 2.15. The zero-order valence-corrected chi connectivity index (χ0v) is 11.9. The molecule has 0 N–H and O–H groups in total. The monoisotopic (exact) mass is 330 g/mol. The van der Waals surface area contributed by atoms with Crippen LogP contribution >= 0.6 is 27.3 Å². The van der Waals surface area contributed by atoms with Crippen LogP contribution in [-0.2, 0) is 6.42 Å². The van der Waals surface area contributed by atoms with E-state index in [0.717, 1.165) is 15.4 Å². The highest BCUT2D eigenvalue weighted by atomic mass is 79.9. The van der Waals surface area contributed by atoms with Crippen LogP contribution in [0.15, 0.2) is 28.1 Å². The number of hydrogen-bond acceptors (Lipinski definition) is 2. The van der Waals surface area contributed by atoms with Crippen molar-refractivity contribution in [3.05, 3.63) is 55.7 Å². The molecule has 94 valence electrons. The van der Waals surface area contributed by atoms with Gasteiger partial charge in [0.2, 0.25) is 0 Å². The van der Waals surface area contributed by atoms with Gasteiger partial charge in [0.05, 0.1) is 5.56 Å². The molecule has 0 radical (unpaired) electrons. The molecule has 1 heterocycles. The van der Waals surface area contributed by atoms with Gasteiger partial charge in [-0.2, -0.15) is 0 Å². The summed E-state index contributed by atoms with van der Waals surface area (Å²) in [5.74, 6) is -1.79. The van der Waals surface area contributed by atoms with E-state index in [2.05, 4.69) is 15.9 Å². The molecule has 0 aliphatic carbocycles. The molecule has 0 aliphatic heterocycles. The van der Waals surface area contributed by atoms with E-state index in [0.29, 0.717) is 0 Å². The lowest BCUT2D eigenvalue weighted by atomic mass is 10.0. The summed E-state index contributed by atoms with van der Waals surface area (Å²) in [7, 11) is 0. The molecule has 1 aromatic carbocycles. The van der Waals surface area contributed by atoms with Gasteiger partial charge in [-0.15, -0.1) is 11.3 Å². The van der Waals surface area contributed by atoms with E-state index in [-0.39, 0.29) is 23.3 Å². The van der Waals surface area contributed by atoms with Crippen molar-refractivity contribution in [3.63, 3.8) is 0 Å². The summed E-state index contributed by atoms with van der Waals surface area (Å²) < 4.78 is 27.5. The number of hydrogen-bond donors (Lipinski definition) is 0. The molecule has 0 spiro atoms. The van der Waals surface area contributed by atoms with Gasteiger partial charge in [-0.05, 0) is 40.5 Å². The normalized spacial score (nSPS) is 10.7. The predicted molar refractivity (Wildman–Crippen MR) is 71.1 cm³/mol. The molecule has 0 saturated carbocycles. The number of thiophene rings is 1. The largest absolute Gasteiger partial charge is 0.294 e. The third-order valence-corrected chi connectivity index (χ3v) is 4.20. The second-order valence-corrected chi connectivity index (χ2v) is 5.82. The summed E-state index contributed by atoms with van der Waals surface area (Å²) >= 11 is 4.71. The molecule has 2 aromatic rings. The number of Topliss-reactive ketones (excluding diaryl/α,β-unsaturated/α-hetero) is 1. The van der Waals surface area contributed by atoms with Gasteiger partial charge in [0.1, 0.15) is 11.6 Å². The van der Waals surface area contributed by atoms with Gasteiger partial charge < -0.3 is 0 Å². The van der Waals surface area contributed by atoms with Crippen LogP contribution in [0.5, 0.6) is 0 Å². The summed E-state index contributed by atoms with van der Waals surface area (Å²) in [5, 5.41) is 1.86. The maximum absolute atomic E-state index is 13.5. The molecular weight excluding hydrogens is 322 g/mol. The van der Waals surface area contributed by atoms with Gasteiger partial charge in [0, 0.05) is 27.2 Å². The fourth-order valence-corrected chi connectivity index (χ4v) is 3.02. The molecule has 0 fully saturated rings. The highest BCUT2D eigenvalue weighted by Crippen LogP contribution is 2.22. The smallest absolute Gasteiger partial charge is 0.171 e. The quantitative estimate of drug-likeness (QED) is 0.756. The Kier molecular flexibility index (Phi) is 3.92. The second-order valence-electron chi connectivity index (χ2n) is 3.91. The average molecular weight is 331 g/mol. The van der Waals surface area contributed by atoms with Crippen LogP contribution in [-0.4, -0.2) is 5.78 Å². The third kappa shape index (κ3) is 2.84. The number of carbonyl (C=O) groups is 1. The van der Waals surface area contributed by atoms with Gasteiger partial charge in [0.15, 0.2) is 5.78 Å². The van der Waals surface area contributed by atoms with Gasteiger partial charge in [0.25, 0.3) is 0 Å². The van der Waals surface area contributed by atoms with Crippen molar-refractivity contribution >= 4 is 33.0 Å². The van der Waals surface area contributed by atoms with Gasteiger partial charge in [-0.25, -0.2) is 8.78 Å². The lowest BCUT2D eigenvalue weighted by Gasteiger charge is -2.04. The van der Waals surface area contributed by atoms with E-state index >= 15 is 0 Å². The van der Waals surface area contributed by atoms with Gasteiger partial charge >= 0.3 is 0 Å². The molecule has 1 nitrogen and oxygen atoms in total. The van der Waals surface area contributed by atoms with Gasteiger partial charge in [-0.3, -0.25) is 4.79 Å². The molecule has 0 bridgehead atoms. The summed E-state index contributed by atoms with van der Waals surface area (Å²) in [5.41, 5.74) is 0.213. The van der Waals surface area contributed by atoms with Crippen LogP contribution in [0.25, 0.3) is 0 Å². The summed E-state index contributed by atoms with van der Waals surface area (Å²) in [6.07, 6.45) is 0.123. The first-order chi connectivity index (χ1) is 8.47. The number of benzene rings is 1. The highest BCUT2D eigenvalue weighted by molar-refractivity contribution is 9.10. The summed E-state index contributed by atoms with van der Waals surface area (Å²) in [4.78, 5) is 12.8. The summed E-state index contributed by atoms with van der Waals surface area (Å²) in [6, 6.07) is 3.83. The first kappa shape index (κ1) is 13.4. The average Bonchev–Trinajstić information content (AvgIpc) is 2.69. The Hall–Kier alpha value is -1.07. The molecule has 18 heavy (non-hydrogen) atoms. The Morgan fingerprint density at radius 3 is 2.61 bits per heavy atom. The fourth-order valence-electron chi connectivity index (χ4n) is 1.57. The van der Waals surface area contributed by atoms with Gasteiger partial charge in [-0.1, -0.05) is 0 Å². The molecule has 0 saturated heterocycles. The molecule has 1 aromatic heterocycles. The SMILES string of the molecule is Cc1cc(C(=O)Cc2cc(Br)cs2)c(F)cc1F. The van der Waals surface area contributed by atoms with Crippen LogP contribution in [0.1, 0.15) is 20.8 Å². The van der Waals surface area contributed by atoms with E-state index < -0.39 is 11.6 Å². The van der Waals surface area contributed by atoms with E-state index in [1.165, 1.54) is 24.3 Å². The van der Waals surface area contributed by atoms with Crippen LogP contribution in [0.3, 0.4) is 0 Å². The maximum atomic E-state index is 13.5. The molecule has 5 heteroatoms. The van der Waals surface area contributed by atoms with Crippen molar-refractivity contribution in [1.29, 1.82) is 0 Å². The number of carbonyl (C=O) groups excluding carboxylic acids is 1. The van der Waals surface area contributed by atoms with Crippen molar-refractivity contribution in [2.75, 3.05) is 0 Å². The molecule has 2 rings (SSSR count). The van der Waals surface area contributed by atoms with Crippen molar-refractivity contribution < 1.29 is 13.6 Å². The van der Waals surface area contributed by atoms with Crippen molar-refractivity contribution in [2.45, 2.75) is 13.3 Å². The first-order valence-electron chi connectivity index (χ1n) is 5.19. The zero-order valence-electron chi connectivity index (χ0n) is 9.47. The molecular formula is C13H9BrF2OS. The Morgan fingerprint density at radius 2 is 2.00 bits per heavy atom. The predicted octanol–water partition coefficient (Wildman–Crippen LogP) is 4.52. The van der Waals surface area contributed by atoms with E-state index in [1.807, 2.05) is 11.4 Å². The van der Waals surface area contributed by atoms with E-state index in [9.17, 15) is 13.6 Å². The number of ketones is 1. The number of rotatable bonds is 3. The Balaban J connectivity index is 2.26. The van der Waals surface area contributed by atoms with Crippen molar-refractivity contribution in [3.8, 4) is 0 Å². The zero-order chi connectivity index (χ0) is 13.3. The minimum absolute atomic E-state index is 0.0570. The first-order valence-corrected chi connectivity index (χ1v) is 6.86. The lowest BCUT2D eigenvalue weighted by molar-refractivity contribution is 0.0990. The fraction of sp³-hybridized carbons (Fsp3) is 0.154. The minimum atomic E-state index is -0.807. The maximum Gasteiger partial charge on any atom is 0.171 e. The third-order valence-electron chi connectivity index (χ3n) is 2.51. The lowest BCUT2D eigenvalue weighted by Crippen LogP contribution is -2.06. The van der Waals surface area contributed by atoms with Crippen LogP contribution < -0.4 is 0 Å². The Bertz CT molecular complexity index is 607. The standard InChI is InChI=1S/C13H9BrF2OS/c1-7-2-10(12(16)5-11(7)15)13(17)4-9-3-8(14)6-18-9/h2-3,5-6H,4H2,1H3. The van der Waals surface area contributed by atoms with Crippen LogP contribution in [0.2, 0.25) is 0 Å². The molecule has 0 amide bonds. The van der Waals surface area contributed by atoms with E-state index in [4.69, 9.17) is 0 Å². The molecule has 0 unspecified atom stereocenters. The minimum Gasteiger partial charge on any atom is -0.294 e. The Morgan fingerprint density at radius 1 is 1.28 bits per heavy atom. The topological polar surface area (TPSA) is 17.1 Å². The van der Waals surface area contributed by atoms with E-state index in [1.54, 1.807) is 0 Å². The summed E-state index contributed by atoms with van der Waals surface area (Å²) in [6.45, 7) is 1.51. The van der Waals surface area contributed by atoms with Crippen LogP contribution in [0, 0.1) is 18.6 Å². The number of halogens is 3. The van der Waals surface area contributed by atoms with Crippen molar-refractivity contribution in [1.82, 2.24) is 0 Å². The Labute approximate surface area is 116 Å². The molecule has 0 atom stereocenters.